The predicted molar refractivity (Wildman–Crippen MR) is 144 cm³/mol. The largest absolute Gasteiger partial charge is 0.352 e. The third kappa shape index (κ3) is 7.23. The summed E-state index contributed by atoms with van der Waals surface area (Å²) in [5.41, 5.74) is 1.77. The lowest BCUT2D eigenvalue weighted by atomic mass is 9.95. The molecule has 0 heterocycles. The molecule has 1 aliphatic rings. The van der Waals surface area contributed by atoms with Gasteiger partial charge < -0.3 is 10.2 Å². The maximum Gasteiger partial charge on any atom is 0.244 e. The summed E-state index contributed by atoms with van der Waals surface area (Å²) in [5, 5.41) is 3.55. The summed E-state index contributed by atoms with van der Waals surface area (Å²) in [7, 11) is -3.81. The molecule has 2 aromatic rings. The van der Waals surface area contributed by atoms with Crippen molar-refractivity contribution in [1.29, 1.82) is 0 Å². The molecule has 0 aliphatic heterocycles. The molecule has 2 amide bonds. The summed E-state index contributed by atoms with van der Waals surface area (Å²) in [6, 6.07) is 13.8. The molecule has 0 spiro atoms. The molecule has 7 nitrogen and oxygen atoms in total. The topological polar surface area (TPSA) is 86.8 Å². The van der Waals surface area contributed by atoms with Gasteiger partial charge in [0, 0.05) is 17.6 Å². The van der Waals surface area contributed by atoms with E-state index in [-0.39, 0.29) is 18.5 Å². The van der Waals surface area contributed by atoms with E-state index >= 15 is 0 Å². The van der Waals surface area contributed by atoms with E-state index in [0.717, 1.165) is 41.8 Å². The van der Waals surface area contributed by atoms with Crippen molar-refractivity contribution in [2.45, 2.75) is 71.0 Å². The first-order valence-corrected chi connectivity index (χ1v) is 14.7. The van der Waals surface area contributed by atoms with E-state index in [2.05, 4.69) is 5.32 Å². The highest BCUT2D eigenvalue weighted by Crippen LogP contribution is 2.28. The Balaban J connectivity index is 1.92. The number of hydrogen-bond acceptors (Lipinski definition) is 4. The quantitative estimate of drug-likeness (QED) is 0.481. The molecular weight excluding hydrogens is 498 g/mol. The van der Waals surface area contributed by atoms with Gasteiger partial charge in [0.05, 0.1) is 11.9 Å². The minimum Gasteiger partial charge on any atom is -0.352 e. The van der Waals surface area contributed by atoms with Gasteiger partial charge in [-0.15, -0.1) is 0 Å². The molecule has 0 bridgehead atoms. The lowest BCUT2D eigenvalue weighted by Crippen LogP contribution is -2.54. The highest BCUT2D eigenvalue weighted by molar-refractivity contribution is 7.92. The highest BCUT2D eigenvalue weighted by atomic mass is 35.5. The normalized spacial score (nSPS) is 15.2. The Bertz CT molecular complexity index is 1150. The minimum atomic E-state index is -3.81. The van der Waals surface area contributed by atoms with Gasteiger partial charge in [-0.25, -0.2) is 8.42 Å². The average Bonchev–Trinajstić information content (AvgIpc) is 2.85. The monoisotopic (exact) mass is 533 g/mol. The van der Waals surface area contributed by atoms with Gasteiger partial charge in [-0.05, 0) is 49.4 Å². The van der Waals surface area contributed by atoms with E-state index < -0.39 is 28.5 Å². The summed E-state index contributed by atoms with van der Waals surface area (Å²) < 4.78 is 26.6. The van der Waals surface area contributed by atoms with E-state index in [4.69, 9.17) is 11.6 Å². The van der Waals surface area contributed by atoms with Gasteiger partial charge in [-0.3, -0.25) is 13.9 Å². The van der Waals surface area contributed by atoms with Crippen LogP contribution >= 0.6 is 11.6 Å². The van der Waals surface area contributed by atoms with Crippen molar-refractivity contribution in [2.75, 3.05) is 17.1 Å². The zero-order valence-corrected chi connectivity index (χ0v) is 22.8. The molecule has 3 rings (SSSR count). The fourth-order valence-corrected chi connectivity index (χ4v) is 5.77. The Kier molecular flexibility index (Phi) is 9.79. The number of amides is 2. The molecule has 0 unspecified atom stereocenters. The summed E-state index contributed by atoms with van der Waals surface area (Å²) in [6.07, 6.45) is 6.68. The first-order valence-electron chi connectivity index (χ1n) is 12.5. The van der Waals surface area contributed by atoms with Gasteiger partial charge in [0.1, 0.15) is 12.6 Å². The van der Waals surface area contributed by atoms with Gasteiger partial charge in [0.2, 0.25) is 21.8 Å². The van der Waals surface area contributed by atoms with Gasteiger partial charge in [-0.2, -0.15) is 0 Å². The summed E-state index contributed by atoms with van der Waals surface area (Å²) in [5.74, 6) is -0.646. The van der Waals surface area contributed by atoms with Crippen molar-refractivity contribution < 1.29 is 18.0 Å². The first kappa shape index (κ1) is 28.0. The second-order valence-corrected chi connectivity index (χ2v) is 11.7. The molecule has 1 aliphatic carbocycles. The maximum atomic E-state index is 13.8. The van der Waals surface area contributed by atoms with Crippen molar-refractivity contribution in [1.82, 2.24) is 10.2 Å². The first-order chi connectivity index (χ1) is 17.1. The molecule has 0 aromatic heterocycles. The summed E-state index contributed by atoms with van der Waals surface area (Å²) in [4.78, 5) is 28.7. The number of rotatable bonds is 10. The van der Waals surface area contributed by atoms with Crippen LogP contribution in [0.4, 0.5) is 5.69 Å². The molecule has 36 heavy (non-hydrogen) atoms. The lowest BCUT2D eigenvalue weighted by molar-refractivity contribution is -0.140. The molecule has 196 valence electrons. The number of sulfonamides is 1. The predicted octanol–water partition coefficient (Wildman–Crippen LogP) is 4.67. The van der Waals surface area contributed by atoms with E-state index in [1.54, 1.807) is 25.1 Å². The summed E-state index contributed by atoms with van der Waals surface area (Å²) in [6.45, 7) is 3.35. The van der Waals surface area contributed by atoms with Crippen LogP contribution in [0.2, 0.25) is 5.02 Å². The highest BCUT2D eigenvalue weighted by Gasteiger charge is 2.33. The summed E-state index contributed by atoms with van der Waals surface area (Å²) >= 11 is 6.25. The van der Waals surface area contributed by atoms with Crippen LogP contribution in [0.5, 0.6) is 0 Å². The molecule has 0 radical (unpaired) electrons. The number of benzene rings is 2. The minimum absolute atomic E-state index is 0.107. The average molecular weight is 534 g/mol. The van der Waals surface area contributed by atoms with E-state index in [1.165, 1.54) is 11.3 Å². The number of anilines is 1. The fourth-order valence-electron chi connectivity index (χ4n) is 4.70. The fraction of sp³-hybridized carbons (Fsp3) is 0.481. The molecule has 1 atom stereocenters. The molecule has 1 N–H and O–H groups in total. The van der Waals surface area contributed by atoms with E-state index in [9.17, 15) is 18.0 Å². The molecule has 0 saturated heterocycles. The second kappa shape index (κ2) is 12.6. The Morgan fingerprint density at radius 3 is 2.33 bits per heavy atom. The number of carbonyl (C=O) groups excluding carboxylic acids is 2. The van der Waals surface area contributed by atoms with Gasteiger partial charge in [-0.1, -0.05) is 74.2 Å². The SMILES string of the molecule is CC[C@H](C(=O)NC1CCCCC1)N(Cc1ccccc1)C(=O)CN(c1cccc(Cl)c1C)S(C)(=O)=O. The van der Waals surface area contributed by atoms with Crippen LogP contribution in [-0.4, -0.2) is 50.0 Å². The van der Waals surface area contributed by atoms with Gasteiger partial charge in [0.25, 0.3) is 0 Å². The van der Waals surface area contributed by atoms with Crippen LogP contribution in [0.3, 0.4) is 0 Å². The van der Waals surface area contributed by atoms with Crippen LogP contribution in [0.25, 0.3) is 0 Å². The number of nitrogens with zero attached hydrogens (tertiary/aromatic N) is 2. The Hall–Kier alpha value is -2.58. The maximum absolute atomic E-state index is 13.8. The zero-order chi connectivity index (χ0) is 26.3. The zero-order valence-electron chi connectivity index (χ0n) is 21.2. The van der Waals surface area contributed by atoms with Crippen LogP contribution in [0.15, 0.2) is 48.5 Å². The number of carbonyl (C=O) groups is 2. The molecule has 9 heteroatoms. The van der Waals surface area contributed by atoms with Crippen molar-refractivity contribution in [3.8, 4) is 0 Å². The van der Waals surface area contributed by atoms with Crippen LogP contribution in [0, 0.1) is 6.92 Å². The number of nitrogens with one attached hydrogen (secondary N) is 1. The third-order valence-corrected chi connectivity index (χ3v) is 8.26. The molecule has 1 saturated carbocycles. The van der Waals surface area contributed by atoms with E-state index in [0.29, 0.717) is 22.7 Å². The number of halogens is 1. The molecular formula is C27H36ClN3O4S. The number of hydrogen-bond donors (Lipinski definition) is 1. The van der Waals surface area contributed by atoms with Crippen LogP contribution < -0.4 is 9.62 Å². The Morgan fingerprint density at radius 2 is 1.72 bits per heavy atom. The van der Waals surface area contributed by atoms with Crippen molar-refractivity contribution >= 4 is 39.1 Å². The molecule has 2 aromatic carbocycles. The third-order valence-electron chi connectivity index (χ3n) is 6.72. The lowest BCUT2D eigenvalue weighted by Gasteiger charge is -2.34. The Labute approximate surface area is 219 Å². The van der Waals surface area contributed by atoms with Crippen molar-refractivity contribution in [2.24, 2.45) is 0 Å². The van der Waals surface area contributed by atoms with E-state index in [1.807, 2.05) is 37.3 Å². The molecule has 1 fully saturated rings. The van der Waals surface area contributed by atoms with Crippen LogP contribution in [0.1, 0.15) is 56.6 Å². The van der Waals surface area contributed by atoms with Crippen molar-refractivity contribution in [3.63, 3.8) is 0 Å². The standard InChI is InChI=1S/C27H36ClN3O4S/c1-4-24(27(33)29-22-14-9-6-10-15-22)30(18-21-12-7-5-8-13-21)26(32)19-31(36(3,34)35)25-17-11-16-23(28)20(25)2/h5,7-8,11-13,16-17,22,24H,4,6,9-10,14-15,18-19H2,1-3H3,(H,29,33)/t24-/m1/s1. The smallest absolute Gasteiger partial charge is 0.244 e. The Morgan fingerprint density at radius 1 is 1.06 bits per heavy atom. The second-order valence-electron chi connectivity index (χ2n) is 9.43. The van der Waals surface area contributed by atoms with Crippen LogP contribution in [-0.2, 0) is 26.2 Å². The van der Waals surface area contributed by atoms with Gasteiger partial charge in [0.15, 0.2) is 0 Å². The van der Waals surface area contributed by atoms with Gasteiger partial charge >= 0.3 is 0 Å². The van der Waals surface area contributed by atoms with Crippen molar-refractivity contribution in [3.05, 3.63) is 64.7 Å².